The van der Waals surface area contributed by atoms with Gasteiger partial charge in [0, 0.05) is 29.9 Å². The molecule has 0 saturated heterocycles. The standard InChI is InChI=1S/C29H34N4O4/c1-18(2)33-25-15-14-21(16-23(25)28(36)32(29(33)37)17-19-12-13-19)30-27(35)22-10-6-7-11-24(22)31-26(34)20-8-4-3-5-9-20/h3-5,8-9,14-16,18-19,22,24H,6-7,10-13,17H2,1-2H3,(H,30,35)(H,31,34)/t22-,24-/m0/s1. The highest BCUT2D eigenvalue weighted by Gasteiger charge is 2.32. The van der Waals surface area contributed by atoms with Gasteiger partial charge in [-0.1, -0.05) is 31.0 Å². The summed E-state index contributed by atoms with van der Waals surface area (Å²) in [6, 6.07) is 13.8. The number of carbonyl (C=O) groups excluding carboxylic acids is 2. The van der Waals surface area contributed by atoms with Crippen molar-refractivity contribution < 1.29 is 9.59 Å². The van der Waals surface area contributed by atoms with Crippen molar-refractivity contribution in [1.29, 1.82) is 0 Å². The molecule has 2 atom stereocenters. The average Bonchev–Trinajstić information content (AvgIpc) is 3.72. The average molecular weight is 503 g/mol. The summed E-state index contributed by atoms with van der Waals surface area (Å²) in [5.74, 6) is -0.347. The molecule has 8 nitrogen and oxygen atoms in total. The van der Waals surface area contributed by atoms with Gasteiger partial charge in [0.2, 0.25) is 5.91 Å². The van der Waals surface area contributed by atoms with Crippen LogP contribution in [-0.2, 0) is 11.3 Å². The largest absolute Gasteiger partial charge is 0.349 e. The Bertz CT molecular complexity index is 1440. The number of carbonyl (C=O) groups is 2. The minimum atomic E-state index is -0.367. The van der Waals surface area contributed by atoms with Crippen LogP contribution in [0.1, 0.15) is 68.8 Å². The summed E-state index contributed by atoms with van der Waals surface area (Å²) in [5.41, 5.74) is 1.06. The molecule has 2 aliphatic rings. The van der Waals surface area contributed by atoms with Gasteiger partial charge in [-0.25, -0.2) is 4.79 Å². The molecule has 2 fully saturated rings. The number of nitrogens with zero attached hydrogens (tertiary/aromatic N) is 2. The molecule has 1 aromatic heterocycles. The van der Waals surface area contributed by atoms with Crippen LogP contribution in [0.5, 0.6) is 0 Å². The lowest BCUT2D eigenvalue weighted by atomic mass is 9.83. The minimum Gasteiger partial charge on any atom is -0.349 e. The lowest BCUT2D eigenvalue weighted by Gasteiger charge is -2.31. The van der Waals surface area contributed by atoms with Crippen molar-refractivity contribution in [1.82, 2.24) is 14.5 Å². The van der Waals surface area contributed by atoms with E-state index in [1.54, 1.807) is 34.9 Å². The zero-order chi connectivity index (χ0) is 26.1. The third-order valence-corrected chi connectivity index (χ3v) is 7.55. The van der Waals surface area contributed by atoms with Gasteiger partial charge in [-0.2, -0.15) is 0 Å². The Morgan fingerprint density at radius 2 is 1.70 bits per heavy atom. The molecule has 2 saturated carbocycles. The summed E-state index contributed by atoms with van der Waals surface area (Å²) >= 11 is 0. The normalized spacial score (nSPS) is 19.6. The molecule has 0 aliphatic heterocycles. The van der Waals surface area contributed by atoms with Crippen LogP contribution in [0.15, 0.2) is 58.1 Å². The van der Waals surface area contributed by atoms with E-state index in [9.17, 15) is 19.2 Å². The molecule has 37 heavy (non-hydrogen) atoms. The van der Waals surface area contributed by atoms with Crippen LogP contribution in [0.25, 0.3) is 10.9 Å². The number of hydrogen-bond acceptors (Lipinski definition) is 4. The molecule has 2 N–H and O–H groups in total. The van der Waals surface area contributed by atoms with E-state index in [2.05, 4.69) is 10.6 Å². The second-order valence-electron chi connectivity index (χ2n) is 10.7. The monoisotopic (exact) mass is 502 g/mol. The fourth-order valence-electron chi connectivity index (χ4n) is 5.37. The summed E-state index contributed by atoms with van der Waals surface area (Å²) in [6.07, 6.45) is 5.35. The predicted octanol–water partition coefficient (Wildman–Crippen LogP) is 4.08. The molecule has 3 aromatic rings. The second-order valence-corrected chi connectivity index (χ2v) is 10.7. The molecule has 2 aliphatic carbocycles. The molecular weight excluding hydrogens is 468 g/mol. The zero-order valence-corrected chi connectivity index (χ0v) is 21.4. The lowest BCUT2D eigenvalue weighted by molar-refractivity contribution is -0.121. The maximum Gasteiger partial charge on any atom is 0.331 e. The second kappa shape index (κ2) is 10.4. The topological polar surface area (TPSA) is 102 Å². The van der Waals surface area contributed by atoms with Gasteiger partial charge in [-0.05, 0) is 75.8 Å². The molecular formula is C29H34N4O4. The van der Waals surface area contributed by atoms with E-state index >= 15 is 0 Å². The van der Waals surface area contributed by atoms with Gasteiger partial charge >= 0.3 is 5.69 Å². The quantitative estimate of drug-likeness (QED) is 0.508. The van der Waals surface area contributed by atoms with Crippen LogP contribution < -0.4 is 21.9 Å². The zero-order valence-electron chi connectivity index (χ0n) is 21.4. The van der Waals surface area contributed by atoms with E-state index in [-0.39, 0.29) is 41.1 Å². The number of benzene rings is 2. The van der Waals surface area contributed by atoms with E-state index in [0.29, 0.717) is 41.0 Å². The van der Waals surface area contributed by atoms with E-state index in [4.69, 9.17) is 0 Å². The van der Waals surface area contributed by atoms with Crippen LogP contribution in [0.3, 0.4) is 0 Å². The van der Waals surface area contributed by atoms with Gasteiger partial charge in [0.1, 0.15) is 0 Å². The van der Waals surface area contributed by atoms with Crippen molar-refractivity contribution in [2.45, 2.75) is 71.0 Å². The Balaban J connectivity index is 1.41. The Morgan fingerprint density at radius 3 is 2.41 bits per heavy atom. The van der Waals surface area contributed by atoms with E-state index < -0.39 is 0 Å². The minimum absolute atomic E-state index is 0.113. The number of anilines is 1. The smallest absolute Gasteiger partial charge is 0.331 e. The van der Waals surface area contributed by atoms with Crippen LogP contribution in [-0.4, -0.2) is 27.0 Å². The third-order valence-electron chi connectivity index (χ3n) is 7.55. The molecule has 0 bridgehead atoms. The number of amides is 2. The number of nitrogens with one attached hydrogen (secondary N) is 2. The number of rotatable bonds is 7. The molecule has 0 spiro atoms. The Hall–Kier alpha value is -3.68. The SMILES string of the molecule is CC(C)n1c(=O)n(CC2CC2)c(=O)c2cc(NC(=O)[C@H]3CCCC[C@@H]3NC(=O)c3ccccc3)ccc21. The van der Waals surface area contributed by atoms with Gasteiger partial charge in [0.05, 0.1) is 16.8 Å². The fourth-order valence-corrected chi connectivity index (χ4v) is 5.37. The Kier molecular flexibility index (Phi) is 7.00. The van der Waals surface area contributed by atoms with Gasteiger partial charge < -0.3 is 10.6 Å². The molecule has 194 valence electrons. The number of fused-ring (bicyclic) bond motifs is 1. The highest BCUT2D eigenvalue weighted by Crippen LogP contribution is 2.30. The highest BCUT2D eigenvalue weighted by molar-refractivity contribution is 5.97. The molecule has 8 heteroatoms. The first-order chi connectivity index (χ1) is 17.8. The van der Waals surface area contributed by atoms with Crippen molar-refractivity contribution in [3.8, 4) is 0 Å². The first-order valence-electron chi connectivity index (χ1n) is 13.3. The number of aromatic nitrogens is 2. The van der Waals surface area contributed by atoms with Crippen molar-refractivity contribution in [3.63, 3.8) is 0 Å². The molecule has 2 aromatic carbocycles. The predicted molar refractivity (Wildman–Crippen MR) is 144 cm³/mol. The van der Waals surface area contributed by atoms with E-state index in [1.165, 1.54) is 4.57 Å². The lowest BCUT2D eigenvalue weighted by Crippen LogP contribution is -2.46. The van der Waals surface area contributed by atoms with Crippen molar-refractivity contribution in [3.05, 3.63) is 74.9 Å². The van der Waals surface area contributed by atoms with E-state index in [1.807, 2.05) is 32.0 Å². The van der Waals surface area contributed by atoms with Crippen molar-refractivity contribution >= 4 is 28.4 Å². The fraction of sp³-hybridized carbons (Fsp3) is 0.448. The van der Waals surface area contributed by atoms with E-state index in [0.717, 1.165) is 32.1 Å². The summed E-state index contributed by atoms with van der Waals surface area (Å²) in [7, 11) is 0. The Morgan fingerprint density at radius 1 is 0.973 bits per heavy atom. The summed E-state index contributed by atoms with van der Waals surface area (Å²) in [6.45, 7) is 4.28. The highest BCUT2D eigenvalue weighted by atomic mass is 16.2. The van der Waals surface area contributed by atoms with Crippen LogP contribution in [0.4, 0.5) is 5.69 Å². The van der Waals surface area contributed by atoms with Gasteiger partial charge in [0.25, 0.3) is 11.5 Å². The number of hydrogen-bond donors (Lipinski definition) is 2. The van der Waals surface area contributed by atoms with Crippen molar-refractivity contribution in [2.75, 3.05) is 5.32 Å². The third kappa shape index (κ3) is 5.24. The Labute approximate surface area is 215 Å². The maximum absolute atomic E-state index is 13.4. The van der Waals surface area contributed by atoms with Gasteiger partial charge in [-0.15, -0.1) is 0 Å². The first-order valence-corrected chi connectivity index (χ1v) is 13.3. The molecule has 1 heterocycles. The molecule has 2 amide bonds. The van der Waals surface area contributed by atoms with Gasteiger partial charge in [-0.3, -0.25) is 23.5 Å². The van der Waals surface area contributed by atoms with Crippen LogP contribution >= 0.6 is 0 Å². The first kappa shape index (κ1) is 25.0. The maximum atomic E-state index is 13.4. The summed E-state index contributed by atoms with van der Waals surface area (Å²) in [4.78, 5) is 52.6. The van der Waals surface area contributed by atoms with Gasteiger partial charge in [0.15, 0.2) is 0 Å². The molecule has 0 radical (unpaired) electrons. The van der Waals surface area contributed by atoms with Crippen molar-refractivity contribution in [2.24, 2.45) is 11.8 Å². The molecule has 0 unspecified atom stereocenters. The summed E-state index contributed by atoms with van der Waals surface area (Å²) in [5, 5.41) is 6.46. The molecule has 5 rings (SSSR count). The summed E-state index contributed by atoms with van der Waals surface area (Å²) < 4.78 is 3.00. The van der Waals surface area contributed by atoms with Crippen LogP contribution in [0, 0.1) is 11.8 Å². The van der Waals surface area contributed by atoms with Crippen LogP contribution in [0.2, 0.25) is 0 Å².